The quantitative estimate of drug-likeness (QED) is 0.343. The maximum absolute atomic E-state index is 3.45. The molecule has 0 spiro atoms. The molecule has 0 heterocycles. The maximum atomic E-state index is 3.45. The van der Waals surface area contributed by atoms with Gasteiger partial charge in [0.05, 0.1) is 0 Å². The van der Waals surface area contributed by atoms with Crippen LogP contribution in [-0.2, 0) is 42.5 Å². The minimum atomic E-state index is 0. The predicted molar refractivity (Wildman–Crippen MR) is 129 cm³/mol. The molecule has 0 atom stereocenters. The van der Waals surface area contributed by atoms with Crippen LogP contribution in [0.1, 0.15) is 73.9 Å². The normalized spacial score (nSPS) is 10.9. The summed E-state index contributed by atoms with van der Waals surface area (Å²) in [6.45, 7) is 13.3. The summed E-state index contributed by atoms with van der Waals surface area (Å²) < 4.78 is 3.34. The molecule has 0 saturated carbocycles. The van der Waals surface area contributed by atoms with Crippen LogP contribution in [0.3, 0.4) is 0 Å². The minimum Gasteiger partial charge on any atom is -1.00 e. The van der Waals surface area contributed by atoms with Crippen molar-refractivity contribution in [3.63, 3.8) is 0 Å². The zero-order chi connectivity index (χ0) is 22.3. The Morgan fingerprint density at radius 1 is 1.00 bits per heavy atom. The summed E-state index contributed by atoms with van der Waals surface area (Å²) in [5.41, 5.74) is 11.4. The largest absolute Gasteiger partial charge is 1.00 e. The van der Waals surface area contributed by atoms with Crippen LogP contribution in [0.5, 0.6) is 0 Å². The zero-order valence-electron chi connectivity index (χ0n) is 20.4. The second-order valence-corrected chi connectivity index (χ2v) is 9.23. The summed E-state index contributed by atoms with van der Waals surface area (Å²) in [7, 11) is 0. The van der Waals surface area contributed by atoms with Gasteiger partial charge in [-0.1, -0.05) is 88.6 Å². The van der Waals surface area contributed by atoms with Crippen LogP contribution in [0.2, 0.25) is 0 Å². The van der Waals surface area contributed by atoms with Crippen LogP contribution in [0.15, 0.2) is 48.5 Å². The molecule has 0 fully saturated rings. The van der Waals surface area contributed by atoms with E-state index < -0.39 is 0 Å². The average molecular weight is 547 g/mol. The molecule has 0 radical (unpaired) electrons. The van der Waals surface area contributed by atoms with Crippen LogP contribution < -0.4 is 24.8 Å². The molecule has 0 unspecified atom stereocenters. The fraction of sp³-hybridized carbons (Fsp3) is 0.379. The number of halogens is 2. The number of rotatable bonds is 3. The molecular weight excluding hydrogens is 510 g/mol. The van der Waals surface area contributed by atoms with E-state index in [0.717, 1.165) is 6.42 Å². The van der Waals surface area contributed by atoms with Crippen molar-refractivity contribution in [1.29, 1.82) is 0 Å². The molecule has 1 aliphatic carbocycles. The van der Waals surface area contributed by atoms with Crippen molar-refractivity contribution in [3.05, 3.63) is 88.0 Å². The van der Waals surface area contributed by atoms with Crippen molar-refractivity contribution < 1.29 is 49.0 Å². The molecule has 3 heteroatoms. The number of hydrogen-bond donors (Lipinski definition) is 0. The molecule has 32 heavy (non-hydrogen) atoms. The third-order valence-electron chi connectivity index (χ3n) is 5.59. The topological polar surface area (TPSA) is 0 Å². The molecule has 172 valence electrons. The van der Waals surface area contributed by atoms with Crippen LogP contribution in [0, 0.1) is 19.9 Å². The number of fused-ring (bicyclic) bond motifs is 3. The van der Waals surface area contributed by atoms with Gasteiger partial charge < -0.3 is 24.8 Å². The Balaban J connectivity index is 0.000000532. The zero-order valence-corrected chi connectivity index (χ0v) is 24.4. The Kier molecular flexibility index (Phi) is 14.0. The van der Waals surface area contributed by atoms with E-state index in [1.54, 1.807) is 0 Å². The molecule has 4 rings (SSSR count). The first-order valence-electron chi connectivity index (χ1n) is 11.0. The first-order chi connectivity index (χ1) is 14.3. The first kappa shape index (κ1) is 31.1. The third kappa shape index (κ3) is 8.48. The van der Waals surface area contributed by atoms with Crippen molar-refractivity contribution in [2.75, 3.05) is 0 Å². The van der Waals surface area contributed by atoms with E-state index in [1.165, 1.54) is 88.0 Å². The average Bonchev–Trinajstić information content (AvgIpc) is 3.32. The summed E-state index contributed by atoms with van der Waals surface area (Å²) in [6.07, 6.45) is 4.89. The van der Waals surface area contributed by atoms with Gasteiger partial charge in [-0.25, -0.2) is 6.07 Å². The van der Waals surface area contributed by atoms with Crippen LogP contribution in [-0.4, -0.2) is 4.21 Å². The van der Waals surface area contributed by atoms with Gasteiger partial charge in [0, 0.05) is 0 Å². The number of hydrogen-bond acceptors (Lipinski definition) is 0. The Morgan fingerprint density at radius 2 is 1.66 bits per heavy atom. The number of aryl methyl sites for hydroxylation is 3. The van der Waals surface area contributed by atoms with Gasteiger partial charge in [0.25, 0.3) is 0 Å². The Labute approximate surface area is 223 Å². The van der Waals surface area contributed by atoms with Gasteiger partial charge in [-0.05, 0) is 18.9 Å². The van der Waals surface area contributed by atoms with Crippen molar-refractivity contribution in [2.45, 2.75) is 72.6 Å². The van der Waals surface area contributed by atoms with E-state index in [9.17, 15) is 0 Å². The SMILES string of the molecule is CCCCc1cc(C(C)(C)C)c[cH-]1.Cc1[c-]c2c(cc1)-c1ccc(C)cc1C2.[CH2]=[Zr+2].[Cl-].[Cl-]. The summed E-state index contributed by atoms with van der Waals surface area (Å²) in [4.78, 5) is 0. The Hall–Kier alpha value is -0.877. The van der Waals surface area contributed by atoms with Crippen molar-refractivity contribution in [3.8, 4) is 11.1 Å². The van der Waals surface area contributed by atoms with Gasteiger partial charge in [-0.2, -0.15) is 47.0 Å². The molecule has 0 aromatic heterocycles. The summed E-state index contributed by atoms with van der Waals surface area (Å²) >= 11 is 1.30. The molecule has 0 bridgehead atoms. The Morgan fingerprint density at radius 3 is 2.25 bits per heavy atom. The Bertz CT molecular complexity index is 914. The predicted octanol–water partition coefficient (Wildman–Crippen LogP) is 1.69. The van der Waals surface area contributed by atoms with E-state index in [1.807, 2.05) is 0 Å². The minimum absolute atomic E-state index is 0. The first-order valence-corrected chi connectivity index (χ1v) is 12.7. The van der Waals surface area contributed by atoms with E-state index in [4.69, 9.17) is 0 Å². The van der Waals surface area contributed by atoms with Gasteiger partial charge in [0.2, 0.25) is 0 Å². The molecule has 0 N–H and O–H groups in total. The van der Waals surface area contributed by atoms with E-state index in [0.29, 0.717) is 5.41 Å². The fourth-order valence-electron chi connectivity index (χ4n) is 3.87. The van der Waals surface area contributed by atoms with E-state index in [-0.39, 0.29) is 24.8 Å². The van der Waals surface area contributed by atoms with E-state index >= 15 is 0 Å². The van der Waals surface area contributed by atoms with Crippen molar-refractivity contribution in [2.24, 2.45) is 0 Å². The fourth-order valence-corrected chi connectivity index (χ4v) is 3.87. The van der Waals surface area contributed by atoms with Gasteiger partial charge in [0.15, 0.2) is 0 Å². The third-order valence-corrected chi connectivity index (χ3v) is 5.59. The molecule has 1 aliphatic rings. The summed E-state index contributed by atoms with van der Waals surface area (Å²) in [6, 6.07) is 21.4. The smallest absolute Gasteiger partial charge is 1.00 e. The van der Waals surface area contributed by atoms with Crippen molar-refractivity contribution >= 4 is 4.21 Å². The van der Waals surface area contributed by atoms with Gasteiger partial charge in [-0.3, -0.25) is 0 Å². The number of benzene rings is 2. The summed E-state index contributed by atoms with van der Waals surface area (Å²) in [5.74, 6) is 0. The maximum Gasteiger partial charge on any atom is -1.00 e. The van der Waals surface area contributed by atoms with Crippen LogP contribution in [0.25, 0.3) is 11.1 Å². The molecule has 3 aromatic rings. The van der Waals surface area contributed by atoms with Gasteiger partial charge in [0.1, 0.15) is 0 Å². The standard InChI is InChI=1S/C15H13.C13H21.CH2.2ClH.Zr/c1-10-3-5-14-12(7-10)9-13-8-11(2)4-6-15(13)14;1-5-6-7-11-8-9-12(10-11)13(2,3)4;;;;/h3-7H,9H2,1-2H3;8-10H,5-7H2,1-4H3;1H2;2*1H;/q2*-1;;;;+2/p-2. The molecule has 0 amide bonds. The number of unbranched alkanes of at least 4 members (excludes halogenated alkanes) is 1. The van der Waals surface area contributed by atoms with Gasteiger partial charge >= 0.3 is 28.4 Å². The van der Waals surface area contributed by atoms with Crippen molar-refractivity contribution in [1.82, 2.24) is 0 Å². The van der Waals surface area contributed by atoms with Gasteiger partial charge in [-0.15, -0.1) is 11.1 Å². The second kappa shape index (κ2) is 14.4. The van der Waals surface area contributed by atoms with Crippen LogP contribution in [0.4, 0.5) is 0 Å². The molecule has 0 nitrogen and oxygen atoms in total. The van der Waals surface area contributed by atoms with E-state index in [2.05, 4.69) is 100 Å². The summed E-state index contributed by atoms with van der Waals surface area (Å²) in [5, 5.41) is 0. The van der Waals surface area contributed by atoms with Crippen LogP contribution >= 0.6 is 0 Å². The second-order valence-electron chi connectivity index (χ2n) is 9.23. The monoisotopic (exact) mass is 544 g/mol. The molecule has 0 aliphatic heterocycles. The molecule has 3 aromatic carbocycles. The molecular formula is C29H36Cl2Zr-2. The molecule has 0 saturated heterocycles.